The average Bonchev–Trinajstić information content (AvgIpc) is 3.44. The number of benzene rings is 1. The van der Waals surface area contributed by atoms with Crippen LogP contribution in [0.15, 0.2) is 29.8 Å². The largest absolute Gasteiger partial charge is 0.391 e. The average molecular weight is 516 g/mol. The molecule has 196 valence electrons. The second kappa shape index (κ2) is 12.6. The number of amides is 2. The molecule has 1 aliphatic heterocycles. The molecule has 1 aromatic carbocycles. The highest BCUT2D eigenvalue weighted by molar-refractivity contribution is 7.13. The van der Waals surface area contributed by atoms with Crippen LogP contribution in [0.5, 0.6) is 0 Å². The molecular formula is C27H37N3O5S. The van der Waals surface area contributed by atoms with Crippen molar-refractivity contribution in [3.8, 4) is 10.4 Å². The number of Topliss-reactive ketones (excluding diaryl/α,β-unsaturated/α-hetero) is 1. The number of aryl methyl sites for hydroxylation is 2. The number of nitrogens with one attached hydrogen (secondary N) is 1. The monoisotopic (exact) mass is 515 g/mol. The molecule has 4 atom stereocenters. The molecule has 0 aliphatic carbocycles. The molecule has 1 aliphatic rings. The fraction of sp³-hybridized carbons (Fsp3) is 0.556. The van der Waals surface area contributed by atoms with Gasteiger partial charge in [-0.15, -0.1) is 11.3 Å². The van der Waals surface area contributed by atoms with E-state index in [9.17, 15) is 24.6 Å². The summed E-state index contributed by atoms with van der Waals surface area (Å²) in [7, 11) is 0. The van der Waals surface area contributed by atoms with E-state index < -0.39 is 30.2 Å². The summed E-state index contributed by atoms with van der Waals surface area (Å²) < 4.78 is 0. The minimum absolute atomic E-state index is 0.00320. The number of ketones is 1. The van der Waals surface area contributed by atoms with Gasteiger partial charge in [-0.05, 0) is 43.7 Å². The van der Waals surface area contributed by atoms with Crippen molar-refractivity contribution in [2.24, 2.45) is 5.92 Å². The number of hydrogen-bond donors (Lipinski definition) is 3. The molecule has 0 radical (unpaired) electrons. The Labute approximate surface area is 216 Å². The lowest BCUT2D eigenvalue weighted by atomic mass is 9.99. The maximum Gasteiger partial charge on any atom is 0.248 e. The van der Waals surface area contributed by atoms with Gasteiger partial charge in [0.05, 0.1) is 34.3 Å². The van der Waals surface area contributed by atoms with Gasteiger partial charge in [0.15, 0.2) is 5.78 Å². The highest BCUT2D eigenvalue weighted by atomic mass is 32.1. The molecule has 1 fully saturated rings. The van der Waals surface area contributed by atoms with Crippen LogP contribution in [0.4, 0.5) is 0 Å². The van der Waals surface area contributed by atoms with Crippen molar-refractivity contribution < 1.29 is 24.6 Å². The van der Waals surface area contributed by atoms with E-state index in [2.05, 4.69) is 10.3 Å². The molecule has 0 unspecified atom stereocenters. The lowest BCUT2D eigenvalue weighted by Crippen LogP contribution is -2.56. The smallest absolute Gasteiger partial charge is 0.248 e. The predicted molar refractivity (Wildman–Crippen MR) is 139 cm³/mol. The van der Waals surface area contributed by atoms with Crippen molar-refractivity contribution in [3.05, 3.63) is 41.0 Å². The molecule has 0 spiro atoms. The zero-order valence-corrected chi connectivity index (χ0v) is 22.3. The maximum absolute atomic E-state index is 13.3. The number of aromatic nitrogens is 1. The van der Waals surface area contributed by atoms with Crippen molar-refractivity contribution >= 4 is 28.9 Å². The summed E-state index contributed by atoms with van der Waals surface area (Å²) in [5.41, 5.74) is 4.89. The van der Waals surface area contributed by atoms with Crippen LogP contribution in [0.3, 0.4) is 0 Å². The zero-order chi connectivity index (χ0) is 26.4. The van der Waals surface area contributed by atoms with Crippen molar-refractivity contribution in [3.63, 3.8) is 0 Å². The van der Waals surface area contributed by atoms with Gasteiger partial charge >= 0.3 is 0 Å². The Hall–Kier alpha value is -2.62. The normalized spacial score (nSPS) is 19.4. The third-order valence-electron chi connectivity index (χ3n) is 6.57. The van der Waals surface area contributed by atoms with E-state index in [-0.39, 0.29) is 37.5 Å². The summed E-state index contributed by atoms with van der Waals surface area (Å²) >= 11 is 1.59. The molecule has 1 saturated heterocycles. The summed E-state index contributed by atoms with van der Waals surface area (Å²) in [4.78, 5) is 45.4. The van der Waals surface area contributed by atoms with Gasteiger partial charge in [0.1, 0.15) is 6.04 Å². The molecule has 2 aromatic rings. The van der Waals surface area contributed by atoms with Gasteiger partial charge in [-0.3, -0.25) is 14.4 Å². The molecule has 3 N–H and O–H groups in total. The first-order chi connectivity index (χ1) is 17.1. The van der Waals surface area contributed by atoms with Crippen molar-refractivity contribution in [1.29, 1.82) is 0 Å². The maximum atomic E-state index is 13.3. The Bertz CT molecular complexity index is 1050. The fourth-order valence-corrected chi connectivity index (χ4v) is 5.24. The number of carbonyl (C=O) groups is 3. The van der Waals surface area contributed by atoms with Gasteiger partial charge in [-0.25, -0.2) is 4.98 Å². The van der Waals surface area contributed by atoms with E-state index in [0.717, 1.165) is 21.7 Å². The first kappa shape index (κ1) is 28.0. The minimum atomic E-state index is -1.16. The number of aliphatic hydroxyl groups is 2. The van der Waals surface area contributed by atoms with Crippen LogP contribution in [0.25, 0.3) is 10.4 Å². The topological polar surface area (TPSA) is 120 Å². The highest BCUT2D eigenvalue weighted by Crippen LogP contribution is 2.28. The van der Waals surface area contributed by atoms with Crippen LogP contribution in [-0.4, -0.2) is 68.5 Å². The van der Waals surface area contributed by atoms with Gasteiger partial charge in [-0.2, -0.15) is 0 Å². The van der Waals surface area contributed by atoms with Crippen molar-refractivity contribution in [2.75, 3.05) is 6.54 Å². The number of rotatable bonds is 11. The summed E-state index contributed by atoms with van der Waals surface area (Å²) in [6.45, 7) is 7.42. The summed E-state index contributed by atoms with van der Waals surface area (Å²) in [5, 5.41) is 23.1. The van der Waals surface area contributed by atoms with Crippen molar-refractivity contribution in [2.45, 2.75) is 84.1 Å². The van der Waals surface area contributed by atoms with E-state index in [1.54, 1.807) is 11.3 Å². The van der Waals surface area contributed by atoms with Gasteiger partial charge in [-0.1, -0.05) is 38.1 Å². The molecule has 0 bridgehead atoms. The van der Waals surface area contributed by atoms with E-state index in [1.807, 2.05) is 50.5 Å². The van der Waals surface area contributed by atoms with Crippen LogP contribution in [-0.2, 0) is 20.8 Å². The Balaban J connectivity index is 1.62. The van der Waals surface area contributed by atoms with Gasteiger partial charge in [0.2, 0.25) is 11.8 Å². The number of aliphatic hydroxyl groups excluding tert-OH is 2. The standard InChI is InChI=1S/C27H37N3O5S/c1-16(2)5-12-24(34)29-25(18(4)31)27(35)30-14-21(32)13-22(30)23(33)11-8-19-6-9-20(10-7-19)26-17(3)28-15-36-26/h6-7,9-10,15-16,18,21-22,25,31-32H,5,8,11-14H2,1-4H3,(H,29,34)/t18-,21+,22-,25-/m0/s1. The van der Waals surface area contributed by atoms with Gasteiger partial charge in [0.25, 0.3) is 0 Å². The number of thiazole rings is 1. The molecule has 2 amide bonds. The highest BCUT2D eigenvalue weighted by Gasteiger charge is 2.42. The summed E-state index contributed by atoms with van der Waals surface area (Å²) in [6.07, 6.45) is -0.143. The molecule has 36 heavy (non-hydrogen) atoms. The second-order valence-electron chi connectivity index (χ2n) is 10.0. The van der Waals surface area contributed by atoms with Crippen LogP contribution in [0.2, 0.25) is 0 Å². The van der Waals surface area contributed by atoms with E-state index in [4.69, 9.17) is 0 Å². The van der Waals surface area contributed by atoms with Crippen LogP contribution >= 0.6 is 11.3 Å². The molecule has 9 heteroatoms. The molecular weight excluding hydrogens is 478 g/mol. The lowest BCUT2D eigenvalue weighted by molar-refractivity contribution is -0.143. The molecule has 8 nitrogen and oxygen atoms in total. The Kier molecular flexibility index (Phi) is 9.76. The fourth-order valence-electron chi connectivity index (χ4n) is 4.43. The predicted octanol–water partition coefficient (Wildman–Crippen LogP) is 2.88. The number of β-amino-alcohol motifs (C(OH)–C–C–N with tert-alkyl or cyclic N) is 1. The number of hydrogen-bond acceptors (Lipinski definition) is 7. The molecule has 0 saturated carbocycles. The van der Waals surface area contributed by atoms with Crippen molar-refractivity contribution in [1.82, 2.24) is 15.2 Å². The number of carbonyl (C=O) groups excluding carboxylic acids is 3. The summed E-state index contributed by atoms with van der Waals surface area (Å²) in [6, 6.07) is 6.08. The Morgan fingerprint density at radius 1 is 1.17 bits per heavy atom. The zero-order valence-electron chi connectivity index (χ0n) is 21.4. The van der Waals surface area contributed by atoms with Gasteiger partial charge in [0, 0.05) is 25.8 Å². The summed E-state index contributed by atoms with van der Waals surface area (Å²) in [5.74, 6) is -0.664. The third-order valence-corrected chi connectivity index (χ3v) is 7.55. The first-order valence-corrected chi connectivity index (χ1v) is 13.4. The second-order valence-corrected chi connectivity index (χ2v) is 10.9. The Morgan fingerprint density at radius 2 is 1.86 bits per heavy atom. The van der Waals surface area contributed by atoms with Crippen LogP contribution in [0, 0.1) is 12.8 Å². The quantitative estimate of drug-likeness (QED) is 0.423. The number of likely N-dealkylation sites (tertiary alicyclic amines) is 1. The SMILES string of the molecule is Cc1ncsc1-c1ccc(CCC(=O)[C@@H]2C[C@@H](O)CN2C(=O)[C@@H](NC(=O)CCC(C)C)[C@H](C)O)cc1. The number of nitrogens with zero attached hydrogens (tertiary/aromatic N) is 2. The first-order valence-electron chi connectivity index (χ1n) is 12.5. The lowest BCUT2D eigenvalue weighted by Gasteiger charge is -2.30. The van der Waals surface area contributed by atoms with E-state index in [1.165, 1.54) is 11.8 Å². The van der Waals surface area contributed by atoms with Crippen LogP contribution in [0.1, 0.15) is 57.7 Å². The Morgan fingerprint density at radius 3 is 2.44 bits per heavy atom. The molecule has 2 heterocycles. The van der Waals surface area contributed by atoms with E-state index >= 15 is 0 Å². The minimum Gasteiger partial charge on any atom is -0.391 e. The van der Waals surface area contributed by atoms with Crippen LogP contribution < -0.4 is 5.32 Å². The molecule has 1 aromatic heterocycles. The van der Waals surface area contributed by atoms with E-state index in [0.29, 0.717) is 18.8 Å². The third kappa shape index (κ3) is 7.21. The van der Waals surface area contributed by atoms with Gasteiger partial charge < -0.3 is 20.4 Å². The molecule has 3 rings (SSSR count).